The molecule has 0 atom stereocenters. The van der Waals surface area contributed by atoms with Crippen molar-refractivity contribution >= 4 is 23.5 Å². The normalized spacial score (nSPS) is 17.4. The molecule has 2 aromatic rings. The molecule has 2 aliphatic heterocycles. The smallest absolute Gasteiger partial charge is 0.317 e. The number of nitrogens with zero attached hydrogens (tertiary/aromatic N) is 3. The number of rotatable bonds is 6. The van der Waals surface area contributed by atoms with E-state index < -0.39 is 5.54 Å². The zero-order valence-corrected chi connectivity index (χ0v) is 21.5. The van der Waals surface area contributed by atoms with E-state index in [9.17, 15) is 14.4 Å². The van der Waals surface area contributed by atoms with Gasteiger partial charge in [-0.1, -0.05) is 48.5 Å². The lowest BCUT2D eigenvalue weighted by molar-refractivity contribution is -0.137. The second kappa shape index (κ2) is 10.6. The van der Waals surface area contributed by atoms with Gasteiger partial charge in [-0.2, -0.15) is 0 Å². The van der Waals surface area contributed by atoms with Gasteiger partial charge in [-0.05, 0) is 57.7 Å². The zero-order valence-electron chi connectivity index (χ0n) is 21.5. The Morgan fingerprint density at radius 1 is 0.944 bits per heavy atom. The topological polar surface area (TPSA) is 85.0 Å². The van der Waals surface area contributed by atoms with Crippen LogP contribution in [0.25, 0.3) is 0 Å². The summed E-state index contributed by atoms with van der Waals surface area (Å²) >= 11 is 0. The molecule has 0 aliphatic carbocycles. The van der Waals surface area contributed by atoms with Gasteiger partial charge in [0.2, 0.25) is 5.91 Å². The Bertz CT molecular complexity index is 1060. The molecule has 2 aromatic carbocycles. The van der Waals surface area contributed by atoms with E-state index in [0.29, 0.717) is 39.1 Å². The first kappa shape index (κ1) is 25.5. The van der Waals surface area contributed by atoms with E-state index >= 15 is 0 Å². The number of benzene rings is 2. The molecule has 0 saturated carbocycles. The van der Waals surface area contributed by atoms with Gasteiger partial charge in [0.05, 0.1) is 6.67 Å². The molecule has 0 aromatic heterocycles. The summed E-state index contributed by atoms with van der Waals surface area (Å²) in [7, 11) is 0. The fourth-order valence-corrected chi connectivity index (χ4v) is 5.02. The highest BCUT2D eigenvalue weighted by molar-refractivity contribution is 5.96. The molecule has 36 heavy (non-hydrogen) atoms. The highest BCUT2D eigenvalue weighted by atomic mass is 16.2. The molecular formula is C28H37N5O3. The first-order valence-electron chi connectivity index (χ1n) is 12.7. The number of nitrogens with one attached hydrogen (secondary N) is 2. The molecular weight excluding hydrogens is 454 g/mol. The second-order valence-corrected chi connectivity index (χ2v) is 10.7. The number of carbonyl (C=O) groups is 3. The van der Waals surface area contributed by atoms with Crippen LogP contribution in [-0.2, 0) is 16.0 Å². The summed E-state index contributed by atoms with van der Waals surface area (Å²) in [5.74, 6) is -0.202. The fraction of sp³-hybridized carbons (Fsp3) is 0.464. The Kier molecular flexibility index (Phi) is 7.52. The van der Waals surface area contributed by atoms with Gasteiger partial charge in [-0.3, -0.25) is 9.59 Å². The third-order valence-corrected chi connectivity index (χ3v) is 6.85. The molecule has 8 nitrogen and oxygen atoms in total. The first-order valence-corrected chi connectivity index (χ1v) is 12.7. The lowest BCUT2D eigenvalue weighted by Crippen LogP contribution is -2.59. The van der Waals surface area contributed by atoms with Gasteiger partial charge in [0.1, 0.15) is 12.1 Å². The van der Waals surface area contributed by atoms with Gasteiger partial charge < -0.3 is 25.3 Å². The van der Waals surface area contributed by atoms with Crippen molar-refractivity contribution in [1.29, 1.82) is 0 Å². The Hall–Kier alpha value is -3.55. The van der Waals surface area contributed by atoms with E-state index in [2.05, 4.69) is 15.5 Å². The van der Waals surface area contributed by atoms with Crippen molar-refractivity contribution in [2.24, 2.45) is 0 Å². The van der Waals surface area contributed by atoms with Gasteiger partial charge in [0, 0.05) is 30.9 Å². The second-order valence-electron chi connectivity index (χ2n) is 10.7. The number of amides is 4. The predicted octanol–water partition coefficient (Wildman–Crippen LogP) is 2.99. The molecule has 2 fully saturated rings. The number of urea groups is 1. The molecule has 8 heteroatoms. The Labute approximate surface area is 213 Å². The predicted molar refractivity (Wildman–Crippen MR) is 140 cm³/mol. The maximum atomic E-state index is 13.8. The summed E-state index contributed by atoms with van der Waals surface area (Å²) in [6, 6.07) is 19.7. The van der Waals surface area contributed by atoms with Gasteiger partial charge in [-0.25, -0.2) is 4.79 Å². The van der Waals surface area contributed by atoms with Crippen LogP contribution in [0.4, 0.5) is 10.5 Å². The van der Waals surface area contributed by atoms with Crippen molar-refractivity contribution < 1.29 is 14.4 Å². The molecule has 1 spiro atoms. The highest BCUT2D eigenvalue weighted by Crippen LogP contribution is 2.39. The monoisotopic (exact) mass is 491 g/mol. The number of likely N-dealkylation sites (tertiary alicyclic amines) is 1. The van der Waals surface area contributed by atoms with Crippen LogP contribution in [-0.4, -0.2) is 71.6 Å². The van der Waals surface area contributed by atoms with Crippen LogP contribution in [0.1, 0.15) is 39.2 Å². The largest absolute Gasteiger partial charge is 0.354 e. The molecule has 2 N–H and O–H groups in total. The molecule has 0 radical (unpaired) electrons. The zero-order chi connectivity index (χ0) is 25.8. The van der Waals surface area contributed by atoms with E-state index in [1.165, 1.54) is 0 Å². The molecule has 0 bridgehead atoms. The number of hydrogen-bond acceptors (Lipinski definition) is 4. The van der Waals surface area contributed by atoms with Crippen LogP contribution in [0.3, 0.4) is 0 Å². The van der Waals surface area contributed by atoms with Crippen LogP contribution < -0.4 is 15.5 Å². The van der Waals surface area contributed by atoms with Crippen molar-refractivity contribution in [1.82, 2.24) is 20.4 Å². The van der Waals surface area contributed by atoms with Crippen molar-refractivity contribution in [2.75, 3.05) is 37.7 Å². The summed E-state index contributed by atoms with van der Waals surface area (Å²) < 4.78 is 0. The number of carbonyl (C=O) groups excluding carboxylic acids is 3. The number of para-hydroxylation sites is 1. The van der Waals surface area contributed by atoms with Crippen LogP contribution >= 0.6 is 0 Å². The Balaban J connectivity index is 1.43. The number of hydrogen-bond donors (Lipinski definition) is 2. The summed E-state index contributed by atoms with van der Waals surface area (Å²) in [4.78, 5) is 44.8. The van der Waals surface area contributed by atoms with E-state index in [1.807, 2.05) is 81.4 Å². The van der Waals surface area contributed by atoms with E-state index in [-0.39, 0.29) is 29.9 Å². The Morgan fingerprint density at radius 3 is 2.17 bits per heavy atom. The first-order chi connectivity index (χ1) is 17.2. The SMILES string of the molecule is CC(C)(C)NC(=O)N1CCC2(CC1)C(=O)N(CC(=O)NCCc1ccccc1)CN2c1ccccc1. The van der Waals surface area contributed by atoms with Gasteiger partial charge >= 0.3 is 6.03 Å². The minimum absolute atomic E-state index is 0.0208. The summed E-state index contributed by atoms with van der Waals surface area (Å²) in [5.41, 5.74) is 1.03. The third kappa shape index (κ3) is 5.80. The number of piperidine rings is 1. The summed E-state index contributed by atoms with van der Waals surface area (Å²) in [5, 5.41) is 5.97. The highest BCUT2D eigenvalue weighted by Gasteiger charge is 2.54. The van der Waals surface area contributed by atoms with Crippen LogP contribution in [0.2, 0.25) is 0 Å². The average molecular weight is 492 g/mol. The van der Waals surface area contributed by atoms with E-state index in [4.69, 9.17) is 0 Å². The minimum Gasteiger partial charge on any atom is -0.354 e. The quantitative estimate of drug-likeness (QED) is 0.651. The molecule has 0 unspecified atom stereocenters. The molecule has 2 heterocycles. The molecule has 192 valence electrons. The summed E-state index contributed by atoms with van der Waals surface area (Å²) in [6.07, 6.45) is 1.78. The van der Waals surface area contributed by atoms with Crippen molar-refractivity contribution in [3.8, 4) is 0 Å². The molecule has 4 amide bonds. The van der Waals surface area contributed by atoms with Crippen LogP contribution in [0, 0.1) is 0 Å². The van der Waals surface area contributed by atoms with Crippen LogP contribution in [0.5, 0.6) is 0 Å². The Morgan fingerprint density at radius 2 is 1.56 bits per heavy atom. The average Bonchev–Trinajstić information content (AvgIpc) is 3.10. The van der Waals surface area contributed by atoms with E-state index in [1.54, 1.807) is 9.80 Å². The minimum atomic E-state index is -0.760. The van der Waals surface area contributed by atoms with Gasteiger partial charge in [-0.15, -0.1) is 0 Å². The third-order valence-electron chi connectivity index (χ3n) is 6.85. The maximum Gasteiger partial charge on any atom is 0.317 e. The lowest BCUT2D eigenvalue weighted by Gasteiger charge is -2.43. The van der Waals surface area contributed by atoms with Crippen molar-refractivity contribution in [3.05, 3.63) is 66.2 Å². The molecule has 4 rings (SSSR count). The molecule has 2 aliphatic rings. The summed E-state index contributed by atoms with van der Waals surface area (Å²) in [6.45, 7) is 7.72. The maximum absolute atomic E-state index is 13.8. The standard InChI is InChI=1S/C28H37N5O3/c1-27(2,3)30-26(36)31-18-15-28(16-19-31)25(35)32(21-33(28)23-12-8-5-9-13-23)20-24(34)29-17-14-22-10-6-4-7-11-22/h4-13H,14-21H2,1-3H3,(H,29,34)(H,30,36). The number of anilines is 1. The van der Waals surface area contributed by atoms with Crippen LogP contribution in [0.15, 0.2) is 60.7 Å². The van der Waals surface area contributed by atoms with E-state index in [0.717, 1.165) is 17.7 Å². The van der Waals surface area contributed by atoms with Crippen molar-refractivity contribution in [2.45, 2.75) is 51.1 Å². The lowest BCUT2D eigenvalue weighted by atomic mass is 9.85. The van der Waals surface area contributed by atoms with Crippen molar-refractivity contribution in [3.63, 3.8) is 0 Å². The fourth-order valence-electron chi connectivity index (χ4n) is 5.02. The molecule has 2 saturated heterocycles. The van der Waals surface area contributed by atoms with Gasteiger partial charge in [0.15, 0.2) is 0 Å². The van der Waals surface area contributed by atoms with Gasteiger partial charge in [0.25, 0.3) is 5.91 Å².